The zero-order valence-electron chi connectivity index (χ0n) is 10.7. The molecule has 0 saturated carbocycles. The summed E-state index contributed by atoms with van der Waals surface area (Å²) < 4.78 is 5.08. The molecule has 5 heteroatoms. The van der Waals surface area contributed by atoms with E-state index in [1.807, 2.05) is 39.8 Å². The molecule has 0 radical (unpaired) electrons. The first-order valence-corrected chi connectivity index (χ1v) is 5.43. The lowest BCUT2D eigenvalue weighted by atomic mass is 9.87. The second kappa shape index (κ2) is 4.93. The minimum Gasteiger partial charge on any atom is -0.392 e. The van der Waals surface area contributed by atoms with Gasteiger partial charge in [-0.05, 0) is 19.5 Å². The molecule has 1 unspecified atom stereocenters. The molecule has 0 fully saturated rings. The number of nitrogens with zero attached hydrogens (tertiary/aromatic N) is 3. The van der Waals surface area contributed by atoms with Gasteiger partial charge in [-0.15, -0.1) is 0 Å². The Morgan fingerprint density at radius 2 is 2.00 bits per heavy atom. The number of aliphatic hydroxyl groups is 1. The summed E-state index contributed by atoms with van der Waals surface area (Å²) in [6, 6.07) is 0. The van der Waals surface area contributed by atoms with E-state index in [1.165, 1.54) is 0 Å². The smallest absolute Gasteiger partial charge is 0.229 e. The molecule has 0 spiro atoms. The van der Waals surface area contributed by atoms with E-state index in [4.69, 9.17) is 4.52 Å². The van der Waals surface area contributed by atoms with Crippen molar-refractivity contribution in [1.29, 1.82) is 0 Å². The van der Waals surface area contributed by atoms with Crippen molar-refractivity contribution in [2.75, 3.05) is 14.1 Å². The van der Waals surface area contributed by atoms with Gasteiger partial charge in [0.05, 0.1) is 19.1 Å². The predicted octanol–water partition coefficient (Wildman–Crippen LogP) is 1.08. The normalized spacial score (nSPS) is 14.4. The Hall–Kier alpha value is -0.940. The summed E-state index contributed by atoms with van der Waals surface area (Å²) in [4.78, 5) is 6.19. The van der Waals surface area contributed by atoms with Crippen molar-refractivity contribution in [3.63, 3.8) is 0 Å². The van der Waals surface area contributed by atoms with Crippen molar-refractivity contribution in [2.24, 2.45) is 5.41 Å². The van der Waals surface area contributed by atoms with Crippen molar-refractivity contribution < 1.29 is 9.63 Å². The van der Waals surface area contributed by atoms with E-state index in [-0.39, 0.29) is 5.41 Å². The molecule has 1 aromatic rings. The Morgan fingerprint density at radius 3 is 2.50 bits per heavy atom. The largest absolute Gasteiger partial charge is 0.392 e. The van der Waals surface area contributed by atoms with Crippen LogP contribution >= 0.6 is 0 Å². The van der Waals surface area contributed by atoms with Crippen LogP contribution in [0, 0.1) is 5.41 Å². The molecule has 1 N–H and O–H groups in total. The monoisotopic (exact) mass is 227 g/mol. The lowest BCUT2D eigenvalue weighted by Crippen LogP contribution is -2.28. The highest BCUT2D eigenvalue weighted by Crippen LogP contribution is 2.21. The van der Waals surface area contributed by atoms with Gasteiger partial charge in [-0.1, -0.05) is 25.9 Å². The third kappa shape index (κ3) is 3.90. The second-order valence-corrected chi connectivity index (χ2v) is 5.43. The summed E-state index contributed by atoms with van der Waals surface area (Å²) >= 11 is 0. The van der Waals surface area contributed by atoms with Crippen molar-refractivity contribution in [3.8, 4) is 0 Å². The molecular weight excluding hydrogens is 206 g/mol. The SMILES string of the molecule is CN(C)Cc1noc(CC(O)C(C)(C)C)n1. The van der Waals surface area contributed by atoms with E-state index in [2.05, 4.69) is 10.1 Å². The average Bonchev–Trinajstić information content (AvgIpc) is 2.49. The topological polar surface area (TPSA) is 62.4 Å². The molecule has 0 bridgehead atoms. The molecule has 92 valence electrons. The number of aliphatic hydroxyl groups excluding tert-OH is 1. The Balaban J connectivity index is 2.58. The molecular formula is C11H21N3O2. The molecule has 1 atom stereocenters. The van der Waals surface area contributed by atoms with E-state index in [0.717, 1.165) is 0 Å². The third-order valence-electron chi connectivity index (χ3n) is 2.34. The molecule has 0 aliphatic rings. The Bertz CT molecular complexity index is 328. The molecule has 0 amide bonds. The Kier molecular flexibility index (Phi) is 4.04. The maximum atomic E-state index is 9.89. The van der Waals surface area contributed by atoms with Crippen LogP contribution in [0.15, 0.2) is 4.52 Å². The van der Waals surface area contributed by atoms with E-state index >= 15 is 0 Å². The number of hydrogen-bond acceptors (Lipinski definition) is 5. The third-order valence-corrected chi connectivity index (χ3v) is 2.34. The summed E-state index contributed by atoms with van der Waals surface area (Å²) in [6.07, 6.45) is -0.0654. The molecule has 16 heavy (non-hydrogen) atoms. The average molecular weight is 227 g/mol. The molecule has 5 nitrogen and oxygen atoms in total. The molecule has 0 aliphatic carbocycles. The van der Waals surface area contributed by atoms with Gasteiger partial charge in [0.15, 0.2) is 5.82 Å². The van der Waals surface area contributed by atoms with Crippen LogP contribution in [0.25, 0.3) is 0 Å². The van der Waals surface area contributed by atoms with E-state index in [0.29, 0.717) is 24.7 Å². The number of hydrogen-bond donors (Lipinski definition) is 1. The van der Waals surface area contributed by atoms with E-state index in [9.17, 15) is 5.11 Å². The Morgan fingerprint density at radius 1 is 1.38 bits per heavy atom. The number of aromatic nitrogens is 2. The lowest BCUT2D eigenvalue weighted by Gasteiger charge is -2.24. The van der Waals surface area contributed by atoms with Crippen LogP contribution in [-0.4, -0.2) is 40.3 Å². The van der Waals surface area contributed by atoms with Gasteiger partial charge < -0.3 is 14.5 Å². The maximum Gasteiger partial charge on any atom is 0.229 e. The fourth-order valence-electron chi connectivity index (χ4n) is 1.19. The van der Waals surface area contributed by atoms with Gasteiger partial charge in [-0.3, -0.25) is 0 Å². The summed E-state index contributed by atoms with van der Waals surface area (Å²) in [5, 5.41) is 13.7. The summed E-state index contributed by atoms with van der Waals surface area (Å²) in [7, 11) is 3.89. The summed E-state index contributed by atoms with van der Waals surface area (Å²) in [5.74, 6) is 1.15. The van der Waals surface area contributed by atoms with Crippen molar-refractivity contribution >= 4 is 0 Å². The van der Waals surface area contributed by atoms with Gasteiger partial charge in [0.1, 0.15) is 0 Å². The minimum absolute atomic E-state index is 0.170. The van der Waals surface area contributed by atoms with Crippen LogP contribution in [0.1, 0.15) is 32.5 Å². The van der Waals surface area contributed by atoms with Gasteiger partial charge in [0.2, 0.25) is 5.89 Å². The standard InChI is InChI=1S/C11H21N3O2/c1-11(2,3)8(15)6-10-12-9(13-16-10)7-14(4)5/h8,15H,6-7H2,1-5H3. The lowest BCUT2D eigenvalue weighted by molar-refractivity contribution is 0.0565. The van der Waals surface area contributed by atoms with Gasteiger partial charge in [-0.2, -0.15) is 4.98 Å². The van der Waals surface area contributed by atoms with Crippen LogP contribution in [0.4, 0.5) is 0 Å². The summed E-state index contributed by atoms with van der Waals surface area (Å²) in [6.45, 7) is 6.59. The second-order valence-electron chi connectivity index (χ2n) is 5.43. The Labute approximate surface area is 96.5 Å². The molecule has 0 saturated heterocycles. The van der Waals surface area contributed by atoms with Crippen molar-refractivity contribution in [3.05, 3.63) is 11.7 Å². The first-order valence-electron chi connectivity index (χ1n) is 5.43. The predicted molar refractivity (Wildman–Crippen MR) is 60.9 cm³/mol. The zero-order valence-corrected chi connectivity index (χ0v) is 10.7. The molecule has 0 aromatic carbocycles. The zero-order chi connectivity index (χ0) is 12.3. The highest BCUT2D eigenvalue weighted by Gasteiger charge is 2.24. The molecule has 0 aliphatic heterocycles. The molecule has 1 aromatic heterocycles. The van der Waals surface area contributed by atoms with Gasteiger partial charge in [0.25, 0.3) is 0 Å². The van der Waals surface area contributed by atoms with Crippen LogP contribution in [-0.2, 0) is 13.0 Å². The fraction of sp³-hybridized carbons (Fsp3) is 0.818. The van der Waals surface area contributed by atoms with Gasteiger partial charge >= 0.3 is 0 Å². The van der Waals surface area contributed by atoms with E-state index in [1.54, 1.807) is 0 Å². The van der Waals surface area contributed by atoms with Crippen molar-refractivity contribution in [2.45, 2.75) is 39.8 Å². The van der Waals surface area contributed by atoms with Crippen LogP contribution in [0.5, 0.6) is 0 Å². The quantitative estimate of drug-likeness (QED) is 0.834. The van der Waals surface area contributed by atoms with E-state index < -0.39 is 6.10 Å². The number of rotatable bonds is 4. The summed E-state index contributed by atoms with van der Waals surface area (Å²) in [5.41, 5.74) is -0.170. The van der Waals surface area contributed by atoms with Crippen molar-refractivity contribution in [1.82, 2.24) is 15.0 Å². The maximum absolute atomic E-state index is 9.89. The highest BCUT2D eigenvalue weighted by atomic mass is 16.5. The highest BCUT2D eigenvalue weighted by molar-refractivity contribution is 4.90. The first kappa shape index (κ1) is 13.1. The van der Waals surface area contributed by atoms with Crippen LogP contribution in [0.3, 0.4) is 0 Å². The molecule has 1 heterocycles. The van der Waals surface area contributed by atoms with Crippen LogP contribution < -0.4 is 0 Å². The van der Waals surface area contributed by atoms with Crippen LogP contribution in [0.2, 0.25) is 0 Å². The molecule has 1 rings (SSSR count). The minimum atomic E-state index is -0.472. The van der Waals surface area contributed by atoms with Gasteiger partial charge in [-0.25, -0.2) is 0 Å². The van der Waals surface area contributed by atoms with Gasteiger partial charge in [0, 0.05) is 0 Å². The fourth-order valence-corrected chi connectivity index (χ4v) is 1.19. The first-order chi connectivity index (χ1) is 7.29.